The molecule has 2 aliphatic rings. The van der Waals surface area contributed by atoms with Crippen LogP contribution in [0.15, 0.2) is 12.7 Å². The molecule has 3 atom stereocenters. The molecule has 0 bridgehead atoms. The van der Waals surface area contributed by atoms with Gasteiger partial charge >= 0.3 is 0 Å². The fraction of sp³-hybridized carbons (Fsp3) is 0.778. The van der Waals surface area contributed by atoms with Crippen LogP contribution in [0.25, 0.3) is 0 Å². The van der Waals surface area contributed by atoms with Crippen LogP contribution in [-0.4, -0.2) is 38.1 Å². The molecular weight excluding hydrogens is 156 g/mol. The summed E-state index contributed by atoms with van der Waals surface area (Å²) in [4.78, 5) is 0. The quantitative estimate of drug-likeness (QED) is 0.585. The Balaban J connectivity index is 1.86. The Morgan fingerprint density at radius 1 is 1.50 bits per heavy atom. The van der Waals surface area contributed by atoms with Crippen LogP contribution in [0.1, 0.15) is 6.42 Å². The summed E-state index contributed by atoms with van der Waals surface area (Å²) in [6.07, 6.45) is 3.33. The molecule has 1 unspecified atom stereocenters. The molecule has 3 nitrogen and oxygen atoms in total. The molecule has 0 saturated carbocycles. The molecule has 0 amide bonds. The van der Waals surface area contributed by atoms with Crippen LogP contribution in [0.3, 0.4) is 0 Å². The zero-order valence-corrected chi connectivity index (χ0v) is 7.07. The van der Waals surface area contributed by atoms with Crippen molar-refractivity contribution < 1.29 is 14.2 Å². The zero-order valence-electron chi connectivity index (χ0n) is 7.07. The van der Waals surface area contributed by atoms with E-state index >= 15 is 0 Å². The van der Waals surface area contributed by atoms with Gasteiger partial charge in [-0.1, -0.05) is 6.08 Å². The van der Waals surface area contributed by atoms with Gasteiger partial charge < -0.3 is 14.2 Å². The Labute approximate surface area is 72.3 Å². The van der Waals surface area contributed by atoms with Crippen LogP contribution < -0.4 is 0 Å². The van der Waals surface area contributed by atoms with Gasteiger partial charge in [-0.05, 0) is 6.42 Å². The number of hydrogen-bond donors (Lipinski definition) is 0. The monoisotopic (exact) mass is 170 g/mol. The Morgan fingerprint density at radius 2 is 2.42 bits per heavy atom. The minimum Gasteiger partial charge on any atom is -0.373 e. The minimum atomic E-state index is 0.121. The van der Waals surface area contributed by atoms with E-state index in [2.05, 4.69) is 6.58 Å². The molecule has 0 N–H and O–H groups in total. The SMILES string of the molecule is C=CCOC1CO[C@@H]2CCO[C@H]12. The third-order valence-electron chi connectivity index (χ3n) is 2.35. The maximum atomic E-state index is 5.50. The number of rotatable bonds is 3. The van der Waals surface area contributed by atoms with Gasteiger partial charge in [0.1, 0.15) is 12.2 Å². The second kappa shape index (κ2) is 3.56. The highest BCUT2D eigenvalue weighted by Crippen LogP contribution is 2.28. The van der Waals surface area contributed by atoms with Crippen LogP contribution in [0.5, 0.6) is 0 Å². The molecule has 0 spiro atoms. The lowest BCUT2D eigenvalue weighted by atomic mass is 10.1. The molecule has 2 rings (SSSR count). The highest BCUT2D eigenvalue weighted by atomic mass is 16.6. The zero-order chi connectivity index (χ0) is 8.39. The Kier molecular flexibility index (Phi) is 2.44. The molecule has 2 heterocycles. The van der Waals surface area contributed by atoms with Crippen LogP contribution in [0.2, 0.25) is 0 Å². The predicted octanol–water partition coefficient (Wildman–Crippen LogP) is 0.745. The van der Waals surface area contributed by atoms with Gasteiger partial charge in [-0.25, -0.2) is 0 Å². The van der Waals surface area contributed by atoms with Crippen molar-refractivity contribution in [1.82, 2.24) is 0 Å². The third kappa shape index (κ3) is 1.40. The first kappa shape index (κ1) is 8.23. The second-order valence-electron chi connectivity index (χ2n) is 3.16. The van der Waals surface area contributed by atoms with Crippen molar-refractivity contribution in [1.29, 1.82) is 0 Å². The first-order valence-corrected chi connectivity index (χ1v) is 4.37. The molecule has 0 aromatic rings. The van der Waals surface area contributed by atoms with Crippen molar-refractivity contribution in [3.05, 3.63) is 12.7 Å². The first-order valence-electron chi connectivity index (χ1n) is 4.37. The van der Waals surface area contributed by atoms with E-state index in [9.17, 15) is 0 Å². The van der Waals surface area contributed by atoms with Gasteiger partial charge in [0, 0.05) is 6.61 Å². The summed E-state index contributed by atoms with van der Waals surface area (Å²) in [7, 11) is 0. The average molecular weight is 170 g/mol. The third-order valence-corrected chi connectivity index (χ3v) is 2.35. The topological polar surface area (TPSA) is 27.7 Å². The molecule has 12 heavy (non-hydrogen) atoms. The van der Waals surface area contributed by atoms with Crippen molar-refractivity contribution in [3.63, 3.8) is 0 Å². The molecule has 2 saturated heterocycles. The largest absolute Gasteiger partial charge is 0.373 e. The normalized spacial score (nSPS) is 39.8. The molecule has 3 heteroatoms. The Morgan fingerprint density at radius 3 is 3.25 bits per heavy atom. The van der Waals surface area contributed by atoms with E-state index in [0.717, 1.165) is 13.0 Å². The van der Waals surface area contributed by atoms with Gasteiger partial charge in [0.25, 0.3) is 0 Å². The van der Waals surface area contributed by atoms with E-state index < -0.39 is 0 Å². The van der Waals surface area contributed by atoms with E-state index in [4.69, 9.17) is 14.2 Å². The fourth-order valence-electron chi connectivity index (χ4n) is 1.76. The van der Waals surface area contributed by atoms with E-state index in [1.165, 1.54) is 0 Å². The summed E-state index contributed by atoms with van der Waals surface area (Å²) in [5.41, 5.74) is 0. The maximum absolute atomic E-state index is 5.50. The van der Waals surface area contributed by atoms with E-state index in [-0.39, 0.29) is 18.3 Å². The lowest BCUT2D eigenvalue weighted by molar-refractivity contribution is -0.0205. The predicted molar refractivity (Wildman–Crippen MR) is 44.0 cm³/mol. The summed E-state index contributed by atoms with van der Waals surface area (Å²) in [5.74, 6) is 0. The fourth-order valence-corrected chi connectivity index (χ4v) is 1.76. The van der Waals surface area contributed by atoms with Gasteiger partial charge in [0.2, 0.25) is 0 Å². The molecule has 2 fully saturated rings. The van der Waals surface area contributed by atoms with Gasteiger partial charge in [0.05, 0.1) is 19.3 Å². The van der Waals surface area contributed by atoms with Gasteiger partial charge in [-0.3, -0.25) is 0 Å². The summed E-state index contributed by atoms with van der Waals surface area (Å²) < 4.78 is 16.5. The summed E-state index contributed by atoms with van der Waals surface area (Å²) in [5, 5.41) is 0. The summed E-state index contributed by atoms with van der Waals surface area (Å²) in [6, 6.07) is 0. The number of hydrogen-bond acceptors (Lipinski definition) is 3. The van der Waals surface area contributed by atoms with Crippen molar-refractivity contribution in [3.8, 4) is 0 Å². The van der Waals surface area contributed by atoms with Crippen LogP contribution >= 0.6 is 0 Å². The highest BCUT2D eigenvalue weighted by Gasteiger charge is 2.42. The molecular formula is C9H14O3. The molecule has 68 valence electrons. The van der Waals surface area contributed by atoms with Crippen LogP contribution in [0.4, 0.5) is 0 Å². The molecule has 0 aromatic heterocycles. The van der Waals surface area contributed by atoms with Gasteiger partial charge in [-0.15, -0.1) is 6.58 Å². The average Bonchev–Trinajstić information content (AvgIpc) is 2.62. The van der Waals surface area contributed by atoms with Crippen LogP contribution in [-0.2, 0) is 14.2 Å². The highest BCUT2D eigenvalue weighted by molar-refractivity contribution is 4.90. The van der Waals surface area contributed by atoms with Crippen molar-refractivity contribution in [2.24, 2.45) is 0 Å². The summed E-state index contributed by atoms with van der Waals surface area (Å²) >= 11 is 0. The smallest absolute Gasteiger partial charge is 0.112 e. The minimum absolute atomic E-state index is 0.121. The second-order valence-corrected chi connectivity index (χ2v) is 3.16. The maximum Gasteiger partial charge on any atom is 0.112 e. The molecule has 0 aliphatic carbocycles. The first-order chi connectivity index (χ1) is 5.92. The van der Waals surface area contributed by atoms with Crippen molar-refractivity contribution in [2.45, 2.75) is 24.7 Å². The Bertz CT molecular complexity index is 169. The molecule has 0 radical (unpaired) electrons. The van der Waals surface area contributed by atoms with Crippen molar-refractivity contribution in [2.75, 3.05) is 19.8 Å². The van der Waals surface area contributed by atoms with E-state index in [1.54, 1.807) is 6.08 Å². The van der Waals surface area contributed by atoms with Crippen molar-refractivity contribution >= 4 is 0 Å². The standard InChI is InChI=1S/C9H14O3/c1-2-4-10-8-6-12-7-3-5-11-9(7)8/h2,7-9H,1,3-6H2/t7-,8?,9+/m1/s1. The van der Waals surface area contributed by atoms with Gasteiger partial charge in [-0.2, -0.15) is 0 Å². The Hall–Kier alpha value is -0.380. The molecule has 2 aliphatic heterocycles. The number of ether oxygens (including phenoxy) is 3. The molecule has 0 aromatic carbocycles. The van der Waals surface area contributed by atoms with E-state index in [1.807, 2.05) is 0 Å². The lowest BCUT2D eigenvalue weighted by Crippen LogP contribution is -2.29. The summed E-state index contributed by atoms with van der Waals surface area (Å²) in [6.45, 7) is 5.66. The van der Waals surface area contributed by atoms with E-state index in [0.29, 0.717) is 13.2 Å². The van der Waals surface area contributed by atoms with Gasteiger partial charge in [0.15, 0.2) is 0 Å². The number of fused-ring (bicyclic) bond motifs is 1. The van der Waals surface area contributed by atoms with Crippen LogP contribution in [0, 0.1) is 0 Å². The lowest BCUT2D eigenvalue weighted by Gasteiger charge is -2.15.